The van der Waals surface area contributed by atoms with E-state index in [9.17, 15) is 9.59 Å². The van der Waals surface area contributed by atoms with Gasteiger partial charge in [-0.25, -0.2) is 10.0 Å². The van der Waals surface area contributed by atoms with Crippen LogP contribution in [0.15, 0.2) is 72.8 Å². The van der Waals surface area contributed by atoms with Gasteiger partial charge in [-0.2, -0.15) is 0 Å². The summed E-state index contributed by atoms with van der Waals surface area (Å²) < 4.78 is 5.26. The van der Waals surface area contributed by atoms with Crippen molar-refractivity contribution in [3.05, 3.63) is 88.4 Å². The summed E-state index contributed by atoms with van der Waals surface area (Å²) in [5.74, 6) is -0.793. The highest BCUT2D eigenvalue weighted by molar-refractivity contribution is 6.31. The molecule has 152 valence electrons. The summed E-state index contributed by atoms with van der Waals surface area (Å²) in [6, 6.07) is 21.0. The zero-order valence-electron chi connectivity index (χ0n) is 16.1. The van der Waals surface area contributed by atoms with Crippen molar-refractivity contribution in [1.29, 1.82) is 0 Å². The van der Waals surface area contributed by atoms with E-state index >= 15 is 0 Å². The molecule has 0 unspecified atom stereocenters. The number of nitrogens with zero attached hydrogens (tertiary/aromatic N) is 2. The minimum absolute atomic E-state index is 0.267. The number of ether oxygens (including phenoxy) is 1. The van der Waals surface area contributed by atoms with E-state index in [-0.39, 0.29) is 18.2 Å². The van der Waals surface area contributed by atoms with Gasteiger partial charge in [0, 0.05) is 10.0 Å². The summed E-state index contributed by atoms with van der Waals surface area (Å²) >= 11 is 12.0. The van der Waals surface area contributed by atoms with Crippen LogP contribution in [0.4, 0.5) is 11.4 Å². The number of rotatable bonds is 5. The monoisotopic (exact) mass is 440 g/mol. The maximum atomic E-state index is 13.4. The van der Waals surface area contributed by atoms with Gasteiger partial charge in [0.25, 0.3) is 11.8 Å². The van der Waals surface area contributed by atoms with Crippen LogP contribution in [-0.2, 0) is 16.0 Å². The first-order chi connectivity index (χ1) is 14.5. The third-order valence-corrected chi connectivity index (χ3v) is 5.43. The van der Waals surface area contributed by atoms with Crippen LogP contribution in [0.2, 0.25) is 10.0 Å². The standard InChI is InChI=1S/C23H18Cl2N2O3/c1-30-20-4-2-3-15(13-20)14-21-22(28)26(18-9-5-16(24)6-10-18)27(23(21)29)19-11-7-17(25)8-12-19/h2-13,21H,14H2,1H3. The predicted molar refractivity (Wildman–Crippen MR) is 118 cm³/mol. The van der Waals surface area contributed by atoms with Crippen LogP contribution >= 0.6 is 23.2 Å². The van der Waals surface area contributed by atoms with Crippen molar-refractivity contribution in [3.8, 4) is 5.75 Å². The van der Waals surface area contributed by atoms with Gasteiger partial charge in [0.15, 0.2) is 0 Å². The van der Waals surface area contributed by atoms with Crippen molar-refractivity contribution >= 4 is 46.4 Å². The van der Waals surface area contributed by atoms with Gasteiger partial charge in [-0.05, 0) is 72.6 Å². The van der Waals surface area contributed by atoms with E-state index in [0.717, 1.165) is 5.56 Å². The number of anilines is 2. The molecule has 0 saturated carbocycles. The first kappa shape index (κ1) is 20.3. The molecule has 1 aliphatic heterocycles. The van der Waals surface area contributed by atoms with Gasteiger partial charge in [0.05, 0.1) is 18.5 Å². The highest BCUT2D eigenvalue weighted by Gasteiger charge is 2.47. The molecule has 30 heavy (non-hydrogen) atoms. The Morgan fingerprint density at radius 3 is 1.77 bits per heavy atom. The number of benzene rings is 3. The Bertz CT molecular complexity index is 1020. The second-order valence-electron chi connectivity index (χ2n) is 6.86. The lowest BCUT2D eigenvalue weighted by atomic mass is 9.98. The van der Waals surface area contributed by atoms with Crippen LogP contribution in [0.25, 0.3) is 0 Å². The molecule has 7 heteroatoms. The Kier molecular flexibility index (Phi) is 5.66. The Balaban J connectivity index is 1.74. The van der Waals surface area contributed by atoms with Crippen LogP contribution in [0.1, 0.15) is 5.56 Å². The molecule has 0 spiro atoms. The number of halogens is 2. The lowest BCUT2D eigenvalue weighted by molar-refractivity contribution is -0.126. The molecule has 1 aliphatic rings. The molecule has 0 bridgehead atoms. The van der Waals surface area contributed by atoms with Crippen LogP contribution in [0.5, 0.6) is 5.75 Å². The molecule has 0 radical (unpaired) electrons. The zero-order valence-corrected chi connectivity index (χ0v) is 17.6. The molecule has 5 nitrogen and oxygen atoms in total. The average molecular weight is 441 g/mol. The van der Waals surface area contributed by atoms with Crippen molar-refractivity contribution < 1.29 is 14.3 Å². The van der Waals surface area contributed by atoms with Gasteiger partial charge in [-0.3, -0.25) is 9.59 Å². The predicted octanol–water partition coefficient (Wildman–Crippen LogP) is 5.16. The molecule has 3 aromatic carbocycles. The van der Waals surface area contributed by atoms with Gasteiger partial charge in [-0.15, -0.1) is 0 Å². The molecule has 1 heterocycles. The molecule has 4 rings (SSSR count). The average Bonchev–Trinajstić information content (AvgIpc) is 3.00. The van der Waals surface area contributed by atoms with Crippen molar-refractivity contribution in [1.82, 2.24) is 0 Å². The van der Waals surface area contributed by atoms with Crippen molar-refractivity contribution in [2.45, 2.75) is 6.42 Å². The highest BCUT2D eigenvalue weighted by Crippen LogP contribution is 2.34. The SMILES string of the molecule is COc1cccc(CC2C(=O)N(c3ccc(Cl)cc3)N(c3ccc(Cl)cc3)C2=O)c1. The third kappa shape index (κ3) is 3.86. The molecule has 1 saturated heterocycles. The number of amides is 2. The van der Waals surface area contributed by atoms with Gasteiger partial charge in [0.1, 0.15) is 11.7 Å². The number of hydrazine groups is 1. The number of carbonyl (C=O) groups excluding carboxylic acids is 2. The fourth-order valence-corrected chi connectivity index (χ4v) is 3.71. The fourth-order valence-electron chi connectivity index (χ4n) is 3.46. The molecular formula is C23H18Cl2N2O3. The second kappa shape index (κ2) is 8.38. The number of carbonyl (C=O) groups is 2. The maximum absolute atomic E-state index is 13.4. The number of hydrogen-bond donors (Lipinski definition) is 0. The van der Waals surface area contributed by atoms with Gasteiger partial charge >= 0.3 is 0 Å². The normalized spacial score (nSPS) is 14.5. The fraction of sp³-hybridized carbons (Fsp3) is 0.130. The number of methoxy groups -OCH3 is 1. The van der Waals surface area contributed by atoms with Crippen molar-refractivity contribution in [2.24, 2.45) is 5.92 Å². The second-order valence-corrected chi connectivity index (χ2v) is 7.73. The van der Waals surface area contributed by atoms with Gasteiger partial charge in [-0.1, -0.05) is 35.3 Å². The van der Waals surface area contributed by atoms with E-state index < -0.39 is 5.92 Å². The van der Waals surface area contributed by atoms with Gasteiger partial charge < -0.3 is 4.74 Å². The quantitative estimate of drug-likeness (QED) is 0.515. The molecule has 0 atom stereocenters. The summed E-state index contributed by atoms with van der Waals surface area (Å²) in [5.41, 5.74) is 1.96. The van der Waals surface area contributed by atoms with E-state index in [2.05, 4.69) is 0 Å². The molecule has 3 aromatic rings. The van der Waals surface area contributed by atoms with E-state index in [1.165, 1.54) is 10.0 Å². The molecule has 1 fully saturated rings. The maximum Gasteiger partial charge on any atom is 0.259 e. The summed E-state index contributed by atoms with van der Waals surface area (Å²) in [6.07, 6.45) is 0.267. The zero-order chi connectivity index (χ0) is 21.3. The molecule has 0 aromatic heterocycles. The Hall–Kier alpha value is -3.02. The highest BCUT2D eigenvalue weighted by atomic mass is 35.5. The molecule has 2 amide bonds. The van der Waals surface area contributed by atoms with Gasteiger partial charge in [0.2, 0.25) is 0 Å². The first-order valence-electron chi connectivity index (χ1n) is 9.30. The minimum atomic E-state index is -0.858. The van der Waals surface area contributed by atoms with E-state index in [0.29, 0.717) is 27.2 Å². The largest absolute Gasteiger partial charge is 0.497 e. The van der Waals surface area contributed by atoms with Crippen LogP contribution in [0.3, 0.4) is 0 Å². The lowest BCUT2D eigenvalue weighted by Gasteiger charge is -2.27. The molecule has 0 aliphatic carbocycles. The molecular weight excluding hydrogens is 423 g/mol. The minimum Gasteiger partial charge on any atom is -0.497 e. The lowest BCUT2D eigenvalue weighted by Crippen LogP contribution is -2.41. The van der Waals surface area contributed by atoms with Crippen LogP contribution in [-0.4, -0.2) is 18.9 Å². The Labute approximate surface area is 184 Å². The third-order valence-electron chi connectivity index (χ3n) is 4.93. The van der Waals surface area contributed by atoms with Crippen molar-refractivity contribution in [3.63, 3.8) is 0 Å². The van der Waals surface area contributed by atoms with Crippen LogP contribution in [0, 0.1) is 5.92 Å². The first-order valence-corrected chi connectivity index (χ1v) is 10.1. The van der Waals surface area contributed by atoms with E-state index in [1.54, 1.807) is 55.6 Å². The Morgan fingerprint density at radius 1 is 0.800 bits per heavy atom. The summed E-state index contributed by atoms with van der Waals surface area (Å²) in [5, 5.41) is 3.88. The summed E-state index contributed by atoms with van der Waals surface area (Å²) in [7, 11) is 1.58. The summed E-state index contributed by atoms with van der Waals surface area (Å²) in [4.78, 5) is 26.8. The van der Waals surface area contributed by atoms with Crippen molar-refractivity contribution in [2.75, 3.05) is 17.1 Å². The summed E-state index contributed by atoms with van der Waals surface area (Å²) in [6.45, 7) is 0. The smallest absolute Gasteiger partial charge is 0.259 e. The number of hydrogen-bond acceptors (Lipinski definition) is 3. The topological polar surface area (TPSA) is 49.9 Å². The van der Waals surface area contributed by atoms with Crippen LogP contribution < -0.4 is 14.8 Å². The molecule has 0 N–H and O–H groups in total. The van der Waals surface area contributed by atoms with E-state index in [1.807, 2.05) is 24.3 Å². The Morgan fingerprint density at radius 2 is 1.30 bits per heavy atom. The van der Waals surface area contributed by atoms with E-state index in [4.69, 9.17) is 27.9 Å².